The number of nitrogens with two attached hydrogens (primary N) is 1. The fourth-order valence-corrected chi connectivity index (χ4v) is 3.20. The van der Waals surface area contributed by atoms with E-state index in [0.717, 1.165) is 29.2 Å². The number of H-pyrrole nitrogens is 1. The second kappa shape index (κ2) is 7.09. The number of carbonyl (C=O) groups excluding carboxylic acids is 1. The van der Waals surface area contributed by atoms with Gasteiger partial charge < -0.3 is 20.0 Å². The Hall–Kier alpha value is -3.60. The molecule has 0 fully saturated rings. The Balaban J connectivity index is 1.75. The molecule has 0 aliphatic carbocycles. The van der Waals surface area contributed by atoms with Crippen LogP contribution in [0.4, 0.5) is 0 Å². The van der Waals surface area contributed by atoms with Gasteiger partial charge in [-0.2, -0.15) is 0 Å². The summed E-state index contributed by atoms with van der Waals surface area (Å²) in [5, 5.41) is 8.27. The maximum absolute atomic E-state index is 11.5. The van der Waals surface area contributed by atoms with Crippen LogP contribution in [0.3, 0.4) is 0 Å². The van der Waals surface area contributed by atoms with E-state index in [4.69, 9.17) is 10.5 Å². The molecule has 29 heavy (non-hydrogen) atoms. The van der Waals surface area contributed by atoms with Gasteiger partial charge in [0.2, 0.25) is 0 Å². The molecule has 1 aromatic carbocycles. The van der Waals surface area contributed by atoms with Gasteiger partial charge in [-0.3, -0.25) is 4.79 Å². The van der Waals surface area contributed by atoms with Crippen LogP contribution in [0.25, 0.3) is 11.4 Å². The second-order valence-electron chi connectivity index (χ2n) is 7.26. The van der Waals surface area contributed by atoms with Crippen LogP contribution in [-0.4, -0.2) is 37.2 Å². The number of benzene rings is 1. The normalized spacial score (nSPS) is 14.4. The zero-order valence-electron chi connectivity index (χ0n) is 16.6. The van der Waals surface area contributed by atoms with Crippen LogP contribution < -0.4 is 10.5 Å². The number of hydrogen-bond donors (Lipinski definition) is 2. The highest BCUT2D eigenvalue weighted by Gasteiger charge is 2.26. The van der Waals surface area contributed by atoms with Crippen molar-refractivity contribution in [3.05, 3.63) is 47.3 Å². The van der Waals surface area contributed by atoms with Crippen LogP contribution >= 0.6 is 0 Å². The van der Waals surface area contributed by atoms with Gasteiger partial charge in [-0.25, -0.2) is 4.98 Å². The molecule has 1 aliphatic heterocycles. The van der Waals surface area contributed by atoms with E-state index in [1.165, 1.54) is 0 Å². The first-order valence-corrected chi connectivity index (χ1v) is 9.47. The Labute approximate surface area is 168 Å². The summed E-state index contributed by atoms with van der Waals surface area (Å²) >= 11 is 0. The van der Waals surface area contributed by atoms with E-state index >= 15 is 0 Å². The van der Waals surface area contributed by atoms with E-state index in [2.05, 4.69) is 38.9 Å². The second-order valence-corrected chi connectivity index (χ2v) is 7.26. The molecular formula is C21H22N6O2. The Kier molecular flexibility index (Phi) is 4.59. The summed E-state index contributed by atoms with van der Waals surface area (Å²) in [6, 6.07) is 5.73. The standard InChI is InChI=1S/C21H22N6O2/c1-4-21(3,20-23-13(2)25-26-20)8-7-14-5-6-17-15(11-14)19-24-16(18(22)28)12-27(19)9-10-29-17/h5-6,11-12H,4,9-10H2,1-3H3,(H2,22,28)(H,23,25,26). The quantitative estimate of drug-likeness (QED) is 0.666. The zero-order chi connectivity index (χ0) is 20.6. The third kappa shape index (κ3) is 3.47. The monoisotopic (exact) mass is 390 g/mol. The van der Waals surface area contributed by atoms with Crippen molar-refractivity contribution in [2.75, 3.05) is 6.61 Å². The van der Waals surface area contributed by atoms with E-state index < -0.39 is 11.3 Å². The average molecular weight is 390 g/mol. The lowest BCUT2D eigenvalue weighted by molar-refractivity contribution is 0.0996. The van der Waals surface area contributed by atoms with Gasteiger partial charge in [0.15, 0.2) is 0 Å². The third-order valence-corrected chi connectivity index (χ3v) is 5.15. The molecule has 0 radical (unpaired) electrons. The van der Waals surface area contributed by atoms with Gasteiger partial charge in [-0.05, 0) is 38.5 Å². The van der Waals surface area contributed by atoms with Crippen LogP contribution in [0.2, 0.25) is 0 Å². The summed E-state index contributed by atoms with van der Waals surface area (Å²) in [5.41, 5.74) is 6.80. The summed E-state index contributed by atoms with van der Waals surface area (Å²) < 4.78 is 7.72. The molecule has 0 spiro atoms. The highest BCUT2D eigenvalue weighted by molar-refractivity contribution is 5.91. The van der Waals surface area contributed by atoms with E-state index in [-0.39, 0.29) is 5.69 Å². The van der Waals surface area contributed by atoms with Crippen molar-refractivity contribution in [1.29, 1.82) is 0 Å². The topological polar surface area (TPSA) is 112 Å². The summed E-state index contributed by atoms with van der Waals surface area (Å²) in [5.74, 6) is 8.92. The summed E-state index contributed by atoms with van der Waals surface area (Å²) in [7, 11) is 0. The van der Waals surface area contributed by atoms with Crippen LogP contribution in [0.15, 0.2) is 24.4 Å². The summed E-state index contributed by atoms with van der Waals surface area (Å²) in [4.78, 5) is 19.1. The molecule has 1 unspecified atom stereocenters. The number of carbonyl (C=O) groups is 1. The molecule has 3 N–H and O–H groups in total. The van der Waals surface area contributed by atoms with Gasteiger partial charge in [0.1, 0.15) is 35.5 Å². The van der Waals surface area contributed by atoms with Crippen molar-refractivity contribution >= 4 is 5.91 Å². The van der Waals surface area contributed by atoms with Crippen LogP contribution in [0, 0.1) is 18.8 Å². The van der Waals surface area contributed by atoms with E-state index in [1.807, 2.05) is 36.6 Å². The largest absolute Gasteiger partial charge is 0.491 e. The molecule has 1 amide bonds. The predicted molar refractivity (Wildman–Crippen MR) is 107 cm³/mol. The van der Waals surface area contributed by atoms with Gasteiger partial charge >= 0.3 is 0 Å². The lowest BCUT2D eigenvalue weighted by Gasteiger charge is -2.17. The lowest BCUT2D eigenvalue weighted by atomic mass is 9.87. The molecular weight excluding hydrogens is 368 g/mol. The minimum absolute atomic E-state index is 0.239. The first-order chi connectivity index (χ1) is 13.9. The number of ether oxygens (including phenoxy) is 1. The van der Waals surface area contributed by atoms with Crippen molar-refractivity contribution in [3.63, 3.8) is 0 Å². The molecule has 4 rings (SSSR count). The van der Waals surface area contributed by atoms with Crippen LogP contribution in [0.5, 0.6) is 5.75 Å². The maximum Gasteiger partial charge on any atom is 0.268 e. The molecule has 8 heteroatoms. The molecule has 148 valence electrons. The minimum atomic E-state index is -0.551. The molecule has 0 saturated heterocycles. The van der Waals surface area contributed by atoms with Crippen molar-refractivity contribution in [3.8, 4) is 29.0 Å². The number of aromatic nitrogens is 5. The first kappa shape index (κ1) is 18.7. The number of amides is 1. The Morgan fingerprint density at radius 2 is 2.24 bits per heavy atom. The van der Waals surface area contributed by atoms with Gasteiger partial charge in [-0.1, -0.05) is 18.8 Å². The van der Waals surface area contributed by atoms with Gasteiger partial charge in [-0.15, -0.1) is 10.2 Å². The molecule has 1 aliphatic rings. The van der Waals surface area contributed by atoms with Crippen LogP contribution in [0.1, 0.15) is 48.0 Å². The number of hydrogen-bond acceptors (Lipinski definition) is 5. The summed E-state index contributed by atoms with van der Waals surface area (Å²) in [6.07, 6.45) is 2.45. The number of fused-ring (bicyclic) bond motifs is 3. The fourth-order valence-electron chi connectivity index (χ4n) is 3.20. The molecule has 2 aromatic heterocycles. The van der Waals surface area contributed by atoms with E-state index in [1.54, 1.807) is 6.20 Å². The van der Waals surface area contributed by atoms with Gasteiger partial charge in [0.25, 0.3) is 5.91 Å². The molecule has 0 bridgehead atoms. The smallest absolute Gasteiger partial charge is 0.268 e. The summed E-state index contributed by atoms with van der Waals surface area (Å²) in [6.45, 7) is 7.05. The minimum Gasteiger partial charge on any atom is -0.491 e. The molecule has 8 nitrogen and oxygen atoms in total. The lowest BCUT2D eigenvalue weighted by Crippen LogP contribution is -2.20. The number of primary amides is 1. The highest BCUT2D eigenvalue weighted by atomic mass is 16.5. The van der Waals surface area contributed by atoms with Gasteiger partial charge in [0.05, 0.1) is 17.5 Å². The Bertz CT molecular complexity index is 1150. The molecule has 3 aromatic rings. The maximum atomic E-state index is 11.5. The fraction of sp³-hybridized carbons (Fsp3) is 0.333. The highest BCUT2D eigenvalue weighted by Crippen LogP contribution is 2.33. The van der Waals surface area contributed by atoms with E-state index in [9.17, 15) is 4.79 Å². The third-order valence-electron chi connectivity index (χ3n) is 5.15. The van der Waals surface area contributed by atoms with Crippen molar-refractivity contribution in [2.24, 2.45) is 5.73 Å². The van der Waals surface area contributed by atoms with E-state index in [0.29, 0.717) is 24.7 Å². The number of rotatable bonds is 3. The SMILES string of the molecule is CCC(C)(C#Cc1ccc2c(c1)-c1nc(C(N)=O)cn1CCO2)c1nnc(C)[nH]1. The molecule has 0 saturated carbocycles. The van der Waals surface area contributed by atoms with Gasteiger partial charge in [0, 0.05) is 11.8 Å². The van der Waals surface area contributed by atoms with Crippen molar-refractivity contribution in [2.45, 2.75) is 39.2 Å². The number of imidazole rings is 1. The zero-order valence-corrected chi connectivity index (χ0v) is 16.6. The average Bonchev–Trinajstić information content (AvgIpc) is 3.30. The number of aryl methyl sites for hydroxylation is 1. The number of aromatic amines is 1. The molecule has 1 atom stereocenters. The number of nitrogens with zero attached hydrogens (tertiary/aromatic N) is 4. The van der Waals surface area contributed by atoms with Crippen LogP contribution in [-0.2, 0) is 12.0 Å². The van der Waals surface area contributed by atoms with Crippen molar-refractivity contribution < 1.29 is 9.53 Å². The Morgan fingerprint density at radius 3 is 2.93 bits per heavy atom. The predicted octanol–water partition coefficient (Wildman–Crippen LogP) is 2.19. The number of nitrogens with one attached hydrogen (secondary N) is 1. The first-order valence-electron chi connectivity index (χ1n) is 9.47. The Morgan fingerprint density at radius 1 is 1.41 bits per heavy atom. The molecule has 3 heterocycles. The van der Waals surface area contributed by atoms with Crippen molar-refractivity contribution in [1.82, 2.24) is 24.7 Å².